The number of methoxy groups -OCH3 is 2. The molecule has 0 heterocycles. The van der Waals surface area contributed by atoms with Crippen molar-refractivity contribution in [3.05, 3.63) is 90.0 Å². The van der Waals surface area contributed by atoms with E-state index in [1.807, 2.05) is 6.07 Å². The minimum Gasteiger partial charge on any atom is -0.497 e. The van der Waals surface area contributed by atoms with E-state index >= 15 is 0 Å². The molecule has 0 aliphatic carbocycles. The molecule has 142 valence electrons. The first-order chi connectivity index (χ1) is 13.6. The molecule has 28 heavy (non-hydrogen) atoms. The average Bonchev–Trinajstić information content (AvgIpc) is 2.75. The summed E-state index contributed by atoms with van der Waals surface area (Å²) in [4.78, 5) is 26.0. The number of hydrogen-bond donors (Lipinski definition) is 0. The maximum absolute atomic E-state index is 13.1. The van der Waals surface area contributed by atoms with Crippen LogP contribution in [0.3, 0.4) is 0 Å². The molecule has 0 radical (unpaired) electrons. The molecular formula is C23H20O5. The third-order valence-electron chi connectivity index (χ3n) is 4.28. The van der Waals surface area contributed by atoms with Crippen molar-refractivity contribution in [2.45, 2.75) is 5.92 Å². The molecule has 0 aliphatic rings. The zero-order valence-electron chi connectivity index (χ0n) is 15.6. The van der Waals surface area contributed by atoms with Crippen LogP contribution in [0.4, 0.5) is 0 Å². The van der Waals surface area contributed by atoms with Gasteiger partial charge < -0.3 is 14.2 Å². The van der Waals surface area contributed by atoms with Gasteiger partial charge in [-0.3, -0.25) is 9.59 Å². The van der Waals surface area contributed by atoms with Crippen LogP contribution in [-0.4, -0.2) is 26.0 Å². The van der Waals surface area contributed by atoms with Crippen LogP contribution in [0.25, 0.3) is 0 Å². The third-order valence-corrected chi connectivity index (χ3v) is 4.28. The Morgan fingerprint density at radius 1 is 0.679 bits per heavy atom. The molecule has 1 unspecified atom stereocenters. The molecule has 1 atom stereocenters. The maximum Gasteiger partial charge on any atom is 0.326 e. The Labute approximate surface area is 163 Å². The molecule has 0 aromatic heterocycles. The van der Waals surface area contributed by atoms with Crippen molar-refractivity contribution < 1.29 is 23.8 Å². The van der Waals surface area contributed by atoms with E-state index in [1.165, 1.54) is 0 Å². The predicted molar refractivity (Wildman–Crippen MR) is 105 cm³/mol. The molecule has 3 aromatic carbocycles. The summed E-state index contributed by atoms with van der Waals surface area (Å²) in [5, 5.41) is 0. The van der Waals surface area contributed by atoms with Crippen LogP contribution in [-0.2, 0) is 4.79 Å². The smallest absolute Gasteiger partial charge is 0.326 e. The molecule has 3 aromatic rings. The van der Waals surface area contributed by atoms with Gasteiger partial charge in [0.15, 0.2) is 5.78 Å². The van der Waals surface area contributed by atoms with Gasteiger partial charge in [-0.25, -0.2) is 0 Å². The fourth-order valence-electron chi connectivity index (χ4n) is 2.78. The Morgan fingerprint density at radius 3 is 1.71 bits per heavy atom. The fourth-order valence-corrected chi connectivity index (χ4v) is 2.78. The van der Waals surface area contributed by atoms with Gasteiger partial charge in [-0.2, -0.15) is 0 Å². The summed E-state index contributed by atoms with van der Waals surface area (Å²) in [6.45, 7) is 0. The van der Waals surface area contributed by atoms with Gasteiger partial charge in [0.05, 0.1) is 14.2 Å². The predicted octanol–water partition coefficient (Wildman–Crippen LogP) is 4.28. The van der Waals surface area contributed by atoms with E-state index in [0.717, 1.165) is 0 Å². The van der Waals surface area contributed by atoms with E-state index in [1.54, 1.807) is 87.0 Å². The Kier molecular flexibility index (Phi) is 6.07. The van der Waals surface area contributed by atoms with Crippen molar-refractivity contribution >= 4 is 11.8 Å². The molecular weight excluding hydrogens is 356 g/mol. The second-order valence-electron chi connectivity index (χ2n) is 6.03. The van der Waals surface area contributed by atoms with Gasteiger partial charge in [-0.15, -0.1) is 0 Å². The number of benzene rings is 3. The minimum absolute atomic E-state index is 0.340. The Hall–Kier alpha value is -3.60. The number of hydrogen-bond acceptors (Lipinski definition) is 5. The lowest BCUT2D eigenvalue weighted by atomic mass is 9.90. The number of Topliss-reactive ketones (excluding diaryl/α,β-unsaturated/α-hetero) is 1. The molecule has 0 spiro atoms. The summed E-state index contributed by atoms with van der Waals surface area (Å²) in [5.41, 5.74) is 0.975. The lowest BCUT2D eigenvalue weighted by molar-refractivity contribution is -0.134. The van der Waals surface area contributed by atoms with Crippen LogP contribution in [0.5, 0.6) is 17.2 Å². The highest BCUT2D eigenvalue weighted by Crippen LogP contribution is 2.26. The Morgan fingerprint density at radius 2 is 1.18 bits per heavy atom. The summed E-state index contributed by atoms with van der Waals surface area (Å²) in [5.74, 6) is -0.433. The molecule has 0 saturated carbocycles. The first-order valence-corrected chi connectivity index (χ1v) is 8.71. The van der Waals surface area contributed by atoms with E-state index in [4.69, 9.17) is 14.2 Å². The van der Waals surface area contributed by atoms with Crippen molar-refractivity contribution in [1.82, 2.24) is 0 Å². The summed E-state index contributed by atoms with van der Waals surface area (Å²) in [6, 6.07) is 22.1. The quantitative estimate of drug-likeness (QED) is 0.267. The van der Waals surface area contributed by atoms with Gasteiger partial charge >= 0.3 is 5.97 Å². The van der Waals surface area contributed by atoms with Crippen LogP contribution >= 0.6 is 0 Å². The van der Waals surface area contributed by atoms with Gasteiger partial charge in [-0.1, -0.05) is 30.3 Å². The zero-order chi connectivity index (χ0) is 19.9. The lowest BCUT2D eigenvalue weighted by Gasteiger charge is -2.16. The first kappa shape index (κ1) is 19.2. The van der Waals surface area contributed by atoms with E-state index in [2.05, 4.69) is 0 Å². The summed E-state index contributed by atoms with van der Waals surface area (Å²) in [7, 11) is 3.11. The van der Waals surface area contributed by atoms with Gasteiger partial charge in [0.1, 0.15) is 23.2 Å². The van der Waals surface area contributed by atoms with Crippen molar-refractivity contribution in [3.63, 3.8) is 0 Å². The third kappa shape index (κ3) is 4.38. The molecule has 0 aliphatic heterocycles. The van der Waals surface area contributed by atoms with Gasteiger partial charge in [0, 0.05) is 5.56 Å². The Balaban J connectivity index is 1.89. The fraction of sp³-hybridized carbons (Fsp3) is 0.130. The van der Waals surface area contributed by atoms with Crippen molar-refractivity contribution in [1.29, 1.82) is 0 Å². The van der Waals surface area contributed by atoms with Crippen LogP contribution in [0, 0.1) is 0 Å². The molecule has 0 fully saturated rings. The molecule has 0 N–H and O–H groups in total. The molecule has 3 rings (SSSR count). The molecule has 0 amide bonds. The van der Waals surface area contributed by atoms with Gasteiger partial charge in [-0.05, 0) is 54.1 Å². The van der Waals surface area contributed by atoms with E-state index in [0.29, 0.717) is 28.4 Å². The van der Waals surface area contributed by atoms with Crippen LogP contribution in [0.2, 0.25) is 0 Å². The van der Waals surface area contributed by atoms with E-state index < -0.39 is 11.9 Å². The van der Waals surface area contributed by atoms with Gasteiger partial charge in [0.25, 0.3) is 0 Å². The normalized spacial score (nSPS) is 11.4. The highest BCUT2D eigenvalue weighted by molar-refractivity contribution is 6.13. The van der Waals surface area contributed by atoms with Crippen LogP contribution in [0.15, 0.2) is 78.9 Å². The second kappa shape index (κ2) is 8.86. The summed E-state index contributed by atoms with van der Waals surface area (Å²) in [6.07, 6.45) is 0. The highest BCUT2D eigenvalue weighted by Gasteiger charge is 2.31. The Bertz CT molecular complexity index is 931. The van der Waals surface area contributed by atoms with Gasteiger partial charge in [0.2, 0.25) is 0 Å². The molecule has 5 nitrogen and oxygen atoms in total. The summed E-state index contributed by atoms with van der Waals surface area (Å²) >= 11 is 0. The standard InChI is InChI=1S/C23H20O5/c1-26-18-10-8-17(9-11-18)22(24)21(16-6-4-3-5-7-16)23(25)28-20-14-12-19(27-2)13-15-20/h3-15,21H,1-2H3. The van der Waals surface area contributed by atoms with E-state index in [9.17, 15) is 9.59 Å². The first-order valence-electron chi connectivity index (χ1n) is 8.71. The maximum atomic E-state index is 13.1. The van der Waals surface area contributed by atoms with Crippen molar-refractivity contribution in [2.75, 3.05) is 14.2 Å². The molecule has 5 heteroatoms. The topological polar surface area (TPSA) is 61.8 Å². The number of ketones is 1. The lowest BCUT2D eigenvalue weighted by Crippen LogP contribution is -2.26. The highest BCUT2D eigenvalue weighted by atomic mass is 16.5. The number of carbonyl (C=O) groups is 2. The number of rotatable bonds is 7. The van der Waals surface area contributed by atoms with Crippen LogP contribution in [0.1, 0.15) is 21.8 Å². The second-order valence-corrected chi connectivity index (χ2v) is 6.03. The monoisotopic (exact) mass is 376 g/mol. The number of carbonyl (C=O) groups excluding carboxylic acids is 2. The SMILES string of the molecule is COc1ccc(OC(=O)C(C(=O)c2ccc(OC)cc2)c2ccccc2)cc1. The minimum atomic E-state index is -1.07. The number of ether oxygens (including phenoxy) is 3. The van der Waals surface area contributed by atoms with E-state index in [-0.39, 0.29) is 5.78 Å². The zero-order valence-corrected chi connectivity index (χ0v) is 15.6. The van der Waals surface area contributed by atoms with Crippen molar-refractivity contribution in [2.24, 2.45) is 0 Å². The number of esters is 1. The molecule has 0 saturated heterocycles. The average molecular weight is 376 g/mol. The summed E-state index contributed by atoms with van der Waals surface area (Å²) < 4.78 is 15.7. The largest absolute Gasteiger partial charge is 0.497 e. The molecule has 0 bridgehead atoms. The van der Waals surface area contributed by atoms with Crippen molar-refractivity contribution in [3.8, 4) is 17.2 Å². The van der Waals surface area contributed by atoms with Crippen LogP contribution < -0.4 is 14.2 Å².